The predicted molar refractivity (Wildman–Crippen MR) is 112 cm³/mol. The number of hydrogen-bond donors (Lipinski definition) is 1. The second-order valence-corrected chi connectivity index (χ2v) is 6.44. The Morgan fingerprint density at radius 1 is 1.19 bits per heavy atom. The first kappa shape index (κ1) is 22.4. The van der Waals surface area contributed by atoms with Crippen LogP contribution >= 0.6 is 0 Å². The van der Waals surface area contributed by atoms with Crippen LogP contribution in [0.3, 0.4) is 0 Å². The molecule has 11 heteroatoms. The van der Waals surface area contributed by atoms with Gasteiger partial charge in [-0.3, -0.25) is 9.42 Å². The number of nitrogens with one attached hydrogen (secondary N) is 1. The van der Waals surface area contributed by atoms with Gasteiger partial charge >= 0.3 is 0 Å². The van der Waals surface area contributed by atoms with E-state index in [0.29, 0.717) is 39.2 Å². The van der Waals surface area contributed by atoms with Gasteiger partial charge in [0.2, 0.25) is 17.1 Å². The molecular weight excluding hydrogens is 420 g/mol. The van der Waals surface area contributed by atoms with Crippen molar-refractivity contribution in [1.29, 1.82) is 0 Å². The molecule has 0 unspecified atom stereocenters. The van der Waals surface area contributed by atoms with Gasteiger partial charge in [-0.25, -0.2) is 5.43 Å². The summed E-state index contributed by atoms with van der Waals surface area (Å²) >= 11 is 0. The number of amides is 1. The number of methoxy groups -OCH3 is 3. The molecule has 1 amide bonds. The van der Waals surface area contributed by atoms with E-state index in [4.69, 9.17) is 18.9 Å². The van der Waals surface area contributed by atoms with Gasteiger partial charge in [-0.15, -0.1) is 0 Å². The molecule has 0 aliphatic carbocycles. The van der Waals surface area contributed by atoms with E-state index in [0.717, 1.165) is 0 Å². The smallest absolute Gasteiger partial charge is 0.271 e. The highest BCUT2D eigenvalue weighted by Crippen LogP contribution is 2.38. The second kappa shape index (κ2) is 10.2. The van der Waals surface area contributed by atoms with Crippen LogP contribution in [0.25, 0.3) is 0 Å². The number of rotatable bonds is 9. The van der Waals surface area contributed by atoms with Gasteiger partial charge in [-0.2, -0.15) is 5.10 Å². The molecule has 2 aromatic carbocycles. The van der Waals surface area contributed by atoms with Gasteiger partial charge < -0.3 is 24.2 Å². The number of nitrogens with zero attached hydrogens (tertiary/aromatic N) is 3. The summed E-state index contributed by atoms with van der Waals surface area (Å²) in [5.74, 6) is 1.14. The van der Waals surface area contributed by atoms with Gasteiger partial charge in [-0.1, -0.05) is 12.1 Å². The maximum absolute atomic E-state index is 12.5. The number of ether oxygens (including phenoxy) is 4. The van der Waals surface area contributed by atoms with Gasteiger partial charge in [-0.05, 0) is 34.7 Å². The summed E-state index contributed by atoms with van der Waals surface area (Å²) in [6.07, 6.45) is 1.46. The third-order valence-electron chi connectivity index (χ3n) is 4.43. The molecule has 0 radical (unpaired) electrons. The zero-order valence-electron chi connectivity index (χ0n) is 17.9. The van der Waals surface area contributed by atoms with E-state index in [1.807, 2.05) is 0 Å². The molecule has 1 N–H and O–H groups in total. The molecule has 32 heavy (non-hydrogen) atoms. The van der Waals surface area contributed by atoms with Crippen molar-refractivity contribution in [1.82, 2.24) is 10.6 Å². The molecule has 0 bridgehead atoms. The summed E-state index contributed by atoms with van der Waals surface area (Å²) in [4.78, 5) is 12.8. The van der Waals surface area contributed by atoms with Gasteiger partial charge in [0, 0.05) is 17.6 Å². The molecule has 0 saturated heterocycles. The number of benzene rings is 2. The Balaban J connectivity index is 1.66. The van der Waals surface area contributed by atoms with Crippen molar-refractivity contribution in [3.63, 3.8) is 0 Å². The molecule has 11 nitrogen and oxygen atoms in total. The van der Waals surface area contributed by atoms with E-state index in [1.165, 1.54) is 39.7 Å². The number of hydrogen-bond acceptors (Lipinski definition) is 9. The number of carbonyl (C=O) groups excluding carboxylic acids is 1. The van der Waals surface area contributed by atoms with Crippen molar-refractivity contribution < 1.29 is 33.3 Å². The fourth-order valence-electron chi connectivity index (χ4n) is 2.77. The molecule has 3 rings (SSSR count). The Morgan fingerprint density at radius 2 is 1.91 bits per heavy atom. The standard InChI is InChI=1S/C21H22N4O7/c1-13-17(25(27)32-24-13)12-31-16-7-5-6-14(8-16)11-22-23-21(26)15-9-18(28-2)20(30-4)19(10-15)29-3/h5-11H,12H2,1-4H3,(H,23,26)/b22-11-. The predicted octanol–water partition coefficient (Wildman–Crippen LogP) is 1.99. The Hall–Kier alpha value is -4.28. The molecule has 3 aromatic rings. The van der Waals surface area contributed by atoms with Crippen LogP contribution in [0.15, 0.2) is 46.1 Å². The van der Waals surface area contributed by atoms with Crippen LogP contribution in [-0.2, 0) is 6.61 Å². The van der Waals surface area contributed by atoms with Crippen LogP contribution in [-0.4, -0.2) is 38.6 Å². The maximum atomic E-state index is 12.5. The van der Waals surface area contributed by atoms with Crippen molar-refractivity contribution in [3.05, 3.63) is 64.1 Å². The molecule has 1 heterocycles. The highest BCUT2D eigenvalue weighted by Gasteiger charge is 2.17. The highest BCUT2D eigenvalue weighted by molar-refractivity contribution is 5.96. The minimum absolute atomic E-state index is 0.00268. The highest BCUT2D eigenvalue weighted by atomic mass is 16.8. The lowest BCUT2D eigenvalue weighted by atomic mass is 10.1. The van der Waals surface area contributed by atoms with Crippen molar-refractivity contribution in [2.24, 2.45) is 5.10 Å². The fraction of sp³-hybridized carbons (Fsp3) is 0.238. The second-order valence-electron chi connectivity index (χ2n) is 6.44. The number of carbonyl (C=O) groups is 1. The summed E-state index contributed by atoms with van der Waals surface area (Å²) in [7, 11) is 4.41. The zero-order chi connectivity index (χ0) is 23.1. The molecule has 0 atom stereocenters. The fourth-order valence-corrected chi connectivity index (χ4v) is 2.77. The van der Waals surface area contributed by atoms with Crippen LogP contribution < -0.4 is 29.3 Å². The molecule has 0 spiro atoms. The van der Waals surface area contributed by atoms with E-state index in [1.54, 1.807) is 31.2 Å². The summed E-state index contributed by atoms with van der Waals surface area (Å²) in [6.45, 7) is 1.65. The van der Waals surface area contributed by atoms with Gasteiger partial charge in [0.1, 0.15) is 5.75 Å². The summed E-state index contributed by atoms with van der Waals surface area (Å²) in [5.41, 5.74) is 4.13. The van der Waals surface area contributed by atoms with E-state index >= 15 is 0 Å². The topological polar surface area (TPSA) is 131 Å². The van der Waals surface area contributed by atoms with Crippen LogP contribution in [0, 0.1) is 12.1 Å². The SMILES string of the molecule is COc1cc(C(=O)N/N=C\c2cccc(OCc3c(C)no[n+]3[O-])c2)cc(OC)c1OC. The minimum atomic E-state index is -0.462. The van der Waals surface area contributed by atoms with Gasteiger partial charge in [0.05, 0.1) is 27.5 Å². The molecule has 0 fully saturated rings. The normalized spacial score (nSPS) is 10.8. The van der Waals surface area contributed by atoms with Gasteiger partial charge in [0.15, 0.2) is 18.1 Å². The van der Waals surface area contributed by atoms with Crippen molar-refractivity contribution >= 4 is 12.1 Å². The molecule has 0 aliphatic heterocycles. The first-order valence-electron chi connectivity index (χ1n) is 9.38. The first-order valence-corrected chi connectivity index (χ1v) is 9.38. The number of aryl methyl sites for hydroxylation is 1. The van der Waals surface area contributed by atoms with Gasteiger partial charge in [0.25, 0.3) is 5.91 Å². The molecule has 1 aromatic heterocycles. The third-order valence-corrected chi connectivity index (χ3v) is 4.43. The average molecular weight is 442 g/mol. The Bertz CT molecular complexity index is 1080. The molecular formula is C21H22N4O7. The van der Waals surface area contributed by atoms with E-state index in [-0.39, 0.29) is 17.9 Å². The van der Waals surface area contributed by atoms with Crippen molar-refractivity contribution in [3.8, 4) is 23.0 Å². The van der Waals surface area contributed by atoms with Crippen molar-refractivity contribution in [2.75, 3.05) is 21.3 Å². The van der Waals surface area contributed by atoms with Crippen LogP contribution in [0.4, 0.5) is 0 Å². The van der Waals surface area contributed by atoms with E-state index in [2.05, 4.69) is 20.3 Å². The van der Waals surface area contributed by atoms with Crippen LogP contribution in [0.5, 0.6) is 23.0 Å². The lowest BCUT2D eigenvalue weighted by molar-refractivity contribution is -0.808. The van der Waals surface area contributed by atoms with Crippen LogP contribution in [0.2, 0.25) is 0 Å². The number of aromatic nitrogens is 2. The molecule has 168 valence electrons. The molecule has 0 saturated carbocycles. The van der Waals surface area contributed by atoms with Crippen molar-refractivity contribution in [2.45, 2.75) is 13.5 Å². The third kappa shape index (κ3) is 5.06. The minimum Gasteiger partial charge on any atom is -0.493 e. The summed E-state index contributed by atoms with van der Waals surface area (Å²) in [5, 5.41) is 19.0. The Labute approximate surface area is 183 Å². The Kier molecular flexibility index (Phi) is 7.11. The average Bonchev–Trinajstić information content (AvgIpc) is 3.13. The molecule has 0 aliphatic rings. The maximum Gasteiger partial charge on any atom is 0.271 e. The lowest BCUT2D eigenvalue weighted by Gasteiger charge is -2.13. The monoisotopic (exact) mass is 442 g/mol. The first-order chi connectivity index (χ1) is 15.5. The lowest BCUT2D eigenvalue weighted by Crippen LogP contribution is -2.29. The van der Waals surface area contributed by atoms with Crippen LogP contribution in [0.1, 0.15) is 27.3 Å². The van der Waals surface area contributed by atoms with E-state index < -0.39 is 5.91 Å². The zero-order valence-corrected chi connectivity index (χ0v) is 17.9. The quantitative estimate of drug-likeness (QED) is 0.302. The van der Waals surface area contributed by atoms with E-state index in [9.17, 15) is 10.0 Å². The summed E-state index contributed by atoms with van der Waals surface area (Å²) < 4.78 is 25.9. The Morgan fingerprint density at radius 3 is 2.50 bits per heavy atom. The largest absolute Gasteiger partial charge is 0.493 e. The number of hydrazone groups is 1. The summed E-state index contributed by atoms with van der Waals surface area (Å²) in [6, 6.07) is 10.0.